The highest BCUT2D eigenvalue weighted by atomic mass is 32.1. The van der Waals surface area contributed by atoms with Gasteiger partial charge in [0.15, 0.2) is 11.5 Å². The van der Waals surface area contributed by atoms with Gasteiger partial charge in [-0.2, -0.15) is 13.9 Å². The van der Waals surface area contributed by atoms with E-state index in [1.165, 1.54) is 23.5 Å². The zero-order valence-corrected chi connectivity index (χ0v) is 16.2. The van der Waals surface area contributed by atoms with Crippen molar-refractivity contribution in [2.75, 3.05) is 20.3 Å². The lowest BCUT2D eigenvalue weighted by molar-refractivity contribution is -0.0498. The maximum atomic E-state index is 12.4. The maximum Gasteiger partial charge on any atom is 0.387 e. The molecule has 3 aromatic rings. The Morgan fingerprint density at radius 1 is 1.10 bits per heavy atom. The van der Waals surface area contributed by atoms with Gasteiger partial charge in [0.05, 0.1) is 11.9 Å². The molecule has 9 heteroatoms. The van der Waals surface area contributed by atoms with E-state index in [4.69, 9.17) is 9.47 Å². The van der Waals surface area contributed by atoms with Gasteiger partial charge < -0.3 is 14.2 Å². The SMILES string of the molecule is CN=c1scc(-c2ccc(OC(F)F)cc2)n1/N=C\c1ccc2c(c1)OCCO2. The van der Waals surface area contributed by atoms with Crippen LogP contribution in [0.1, 0.15) is 5.56 Å². The van der Waals surface area contributed by atoms with E-state index in [0.717, 1.165) is 16.8 Å². The number of hydrogen-bond donors (Lipinski definition) is 0. The standard InChI is InChI=1S/C20H17F2N3O3S/c1-23-20-25(24-11-13-2-7-17-18(10-13)27-9-8-26-17)16(12-29-20)14-3-5-15(6-4-14)28-19(21)22/h2-7,10-12,19H,8-9H2,1H3/b23-20?,24-11-. The zero-order chi connectivity index (χ0) is 20.2. The van der Waals surface area contributed by atoms with E-state index in [-0.39, 0.29) is 5.75 Å². The molecule has 0 aliphatic carbocycles. The molecule has 0 saturated carbocycles. The monoisotopic (exact) mass is 417 g/mol. The maximum absolute atomic E-state index is 12.4. The largest absolute Gasteiger partial charge is 0.486 e. The van der Waals surface area contributed by atoms with Crippen LogP contribution in [0.5, 0.6) is 17.2 Å². The van der Waals surface area contributed by atoms with E-state index < -0.39 is 6.61 Å². The van der Waals surface area contributed by atoms with Crippen molar-refractivity contribution in [1.29, 1.82) is 0 Å². The molecular weight excluding hydrogens is 400 g/mol. The molecule has 0 amide bonds. The Morgan fingerprint density at radius 3 is 2.59 bits per heavy atom. The summed E-state index contributed by atoms with van der Waals surface area (Å²) in [5, 5.41) is 6.47. The fourth-order valence-corrected chi connectivity index (χ4v) is 3.64. The molecule has 6 nitrogen and oxygen atoms in total. The molecule has 0 N–H and O–H groups in total. The Balaban J connectivity index is 1.64. The van der Waals surface area contributed by atoms with E-state index in [0.29, 0.717) is 29.5 Å². The third kappa shape index (κ3) is 4.29. The number of thiazole rings is 1. The van der Waals surface area contributed by atoms with Crippen LogP contribution < -0.4 is 19.0 Å². The highest BCUT2D eigenvalue weighted by Crippen LogP contribution is 2.30. The van der Waals surface area contributed by atoms with Crippen molar-refractivity contribution in [1.82, 2.24) is 4.68 Å². The van der Waals surface area contributed by atoms with Crippen LogP contribution in [0.2, 0.25) is 0 Å². The van der Waals surface area contributed by atoms with Crippen LogP contribution in [0.25, 0.3) is 11.3 Å². The third-order valence-corrected chi connectivity index (χ3v) is 5.05. The molecule has 0 radical (unpaired) electrons. The molecule has 0 bridgehead atoms. The van der Waals surface area contributed by atoms with Crippen LogP contribution in [0, 0.1) is 0 Å². The highest BCUT2D eigenvalue weighted by molar-refractivity contribution is 7.07. The van der Waals surface area contributed by atoms with Gasteiger partial charge in [0.25, 0.3) is 0 Å². The minimum atomic E-state index is -2.85. The Hall–Kier alpha value is -3.20. The average Bonchev–Trinajstić information content (AvgIpc) is 3.15. The summed E-state index contributed by atoms with van der Waals surface area (Å²) in [6, 6.07) is 12.0. The molecule has 0 spiro atoms. The first-order valence-electron chi connectivity index (χ1n) is 8.76. The molecule has 0 unspecified atom stereocenters. The number of alkyl halides is 2. The third-order valence-electron chi connectivity index (χ3n) is 4.14. The number of hydrogen-bond acceptors (Lipinski definition) is 6. The minimum Gasteiger partial charge on any atom is -0.486 e. The van der Waals surface area contributed by atoms with E-state index in [9.17, 15) is 8.78 Å². The summed E-state index contributed by atoms with van der Waals surface area (Å²) < 4.78 is 41.9. The molecule has 0 fully saturated rings. The van der Waals surface area contributed by atoms with Crippen molar-refractivity contribution < 1.29 is 23.0 Å². The summed E-state index contributed by atoms with van der Waals surface area (Å²) in [6.07, 6.45) is 1.71. The average molecular weight is 417 g/mol. The molecule has 0 saturated heterocycles. The predicted molar refractivity (Wildman–Crippen MR) is 106 cm³/mol. The minimum absolute atomic E-state index is 0.103. The fourth-order valence-electron chi connectivity index (χ4n) is 2.83. The van der Waals surface area contributed by atoms with Gasteiger partial charge in [-0.1, -0.05) is 0 Å². The number of halogens is 2. The van der Waals surface area contributed by atoms with Gasteiger partial charge >= 0.3 is 6.61 Å². The fraction of sp³-hybridized carbons (Fsp3) is 0.200. The number of aromatic nitrogens is 1. The molecule has 1 aliphatic heterocycles. The van der Waals surface area contributed by atoms with Crippen LogP contribution in [0.3, 0.4) is 0 Å². The quantitative estimate of drug-likeness (QED) is 0.590. The van der Waals surface area contributed by atoms with Gasteiger partial charge in [-0.3, -0.25) is 4.99 Å². The van der Waals surface area contributed by atoms with E-state index in [1.807, 2.05) is 23.6 Å². The second-order valence-electron chi connectivity index (χ2n) is 5.99. The summed E-state index contributed by atoms with van der Waals surface area (Å²) in [5.41, 5.74) is 2.44. The van der Waals surface area contributed by atoms with Gasteiger partial charge in [0, 0.05) is 18.0 Å². The first-order valence-corrected chi connectivity index (χ1v) is 9.64. The van der Waals surface area contributed by atoms with Crippen molar-refractivity contribution in [2.45, 2.75) is 6.61 Å². The molecule has 150 valence electrons. The van der Waals surface area contributed by atoms with Crippen LogP contribution in [-0.2, 0) is 0 Å². The van der Waals surface area contributed by atoms with E-state index in [2.05, 4.69) is 14.8 Å². The molecule has 4 rings (SSSR count). The lowest BCUT2D eigenvalue weighted by Gasteiger charge is -2.18. The highest BCUT2D eigenvalue weighted by Gasteiger charge is 2.12. The topological polar surface area (TPSA) is 57.3 Å². The Morgan fingerprint density at radius 2 is 1.86 bits per heavy atom. The van der Waals surface area contributed by atoms with Crippen molar-refractivity contribution in [2.24, 2.45) is 10.1 Å². The summed E-state index contributed by atoms with van der Waals surface area (Å²) in [7, 11) is 1.69. The number of benzene rings is 2. The number of fused-ring (bicyclic) bond motifs is 1. The van der Waals surface area contributed by atoms with Crippen molar-refractivity contribution in [3.63, 3.8) is 0 Å². The molecule has 2 heterocycles. The number of ether oxygens (including phenoxy) is 3. The summed E-state index contributed by atoms with van der Waals surface area (Å²) >= 11 is 1.43. The van der Waals surface area contributed by atoms with Crippen LogP contribution in [0.4, 0.5) is 8.78 Å². The normalized spacial score (nSPS) is 14.0. The molecule has 0 atom stereocenters. The second kappa shape index (κ2) is 8.44. The van der Waals surface area contributed by atoms with Gasteiger partial charge in [-0.15, -0.1) is 11.3 Å². The van der Waals surface area contributed by atoms with Gasteiger partial charge in [-0.05, 0) is 48.0 Å². The Labute approximate surface area is 169 Å². The van der Waals surface area contributed by atoms with Gasteiger partial charge in [0.2, 0.25) is 4.80 Å². The smallest absolute Gasteiger partial charge is 0.387 e. The van der Waals surface area contributed by atoms with Crippen LogP contribution in [0.15, 0.2) is 57.9 Å². The molecule has 1 aromatic heterocycles. The zero-order valence-electron chi connectivity index (χ0n) is 15.4. The van der Waals surface area contributed by atoms with Crippen molar-refractivity contribution in [3.05, 3.63) is 58.2 Å². The predicted octanol–water partition coefficient (Wildman–Crippen LogP) is 4.00. The van der Waals surface area contributed by atoms with Crippen molar-refractivity contribution >= 4 is 17.6 Å². The first-order chi connectivity index (χ1) is 14.1. The van der Waals surface area contributed by atoms with E-state index >= 15 is 0 Å². The molecule has 29 heavy (non-hydrogen) atoms. The Kier molecular flexibility index (Phi) is 5.57. The molecule has 2 aromatic carbocycles. The molecular formula is C20H17F2N3O3S. The van der Waals surface area contributed by atoms with Crippen molar-refractivity contribution in [3.8, 4) is 28.5 Å². The van der Waals surface area contributed by atoms with Crippen LogP contribution >= 0.6 is 11.3 Å². The summed E-state index contributed by atoms with van der Waals surface area (Å²) in [5.74, 6) is 1.50. The van der Waals surface area contributed by atoms with Gasteiger partial charge in [0.1, 0.15) is 19.0 Å². The second-order valence-corrected chi connectivity index (χ2v) is 6.83. The van der Waals surface area contributed by atoms with Crippen LogP contribution in [-0.4, -0.2) is 37.8 Å². The molecule has 1 aliphatic rings. The number of nitrogens with zero attached hydrogens (tertiary/aromatic N) is 3. The lowest BCUT2D eigenvalue weighted by atomic mass is 10.2. The Bertz CT molecular complexity index is 1090. The van der Waals surface area contributed by atoms with E-state index in [1.54, 1.807) is 30.1 Å². The van der Waals surface area contributed by atoms with Gasteiger partial charge in [-0.25, -0.2) is 4.68 Å². The lowest BCUT2D eigenvalue weighted by Crippen LogP contribution is -2.15. The number of rotatable bonds is 5. The first kappa shape index (κ1) is 19.1. The summed E-state index contributed by atoms with van der Waals surface area (Å²) in [4.78, 5) is 4.95. The summed E-state index contributed by atoms with van der Waals surface area (Å²) in [6.45, 7) is -1.80.